The predicted octanol–water partition coefficient (Wildman–Crippen LogP) is 7.23. The van der Waals surface area contributed by atoms with Crippen molar-refractivity contribution in [2.75, 3.05) is 0 Å². The van der Waals surface area contributed by atoms with Crippen LogP contribution in [0.1, 0.15) is 0 Å². The van der Waals surface area contributed by atoms with Crippen LogP contribution in [0.3, 0.4) is 0 Å². The second kappa shape index (κ2) is 24.2. The molecule has 259 valence electrons. The van der Waals surface area contributed by atoms with Gasteiger partial charge in [-0.3, -0.25) is 0 Å². The summed E-state index contributed by atoms with van der Waals surface area (Å²) in [6.07, 6.45) is 0. The average Bonchev–Trinajstić information content (AvgIpc) is 3.18. The fourth-order valence-corrected chi connectivity index (χ4v) is 22.3. The van der Waals surface area contributed by atoms with E-state index in [0.29, 0.717) is 31.8 Å². The fraction of sp³-hybridized carbons (Fsp3) is 0.0256. The van der Waals surface area contributed by atoms with Crippen molar-refractivity contribution in [2.24, 2.45) is 0 Å². The third-order valence-electron chi connectivity index (χ3n) is 7.81. The van der Waals surface area contributed by atoms with Crippen LogP contribution in [-0.4, -0.2) is 64.6 Å². The first-order chi connectivity index (χ1) is 23.4. The summed E-state index contributed by atoms with van der Waals surface area (Å²) in [5.41, 5.74) is 0. The van der Waals surface area contributed by atoms with E-state index in [1.807, 2.05) is 182 Å². The van der Waals surface area contributed by atoms with E-state index in [-0.39, 0.29) is 51.0 Å². The Hall–Kier alpha value is -0.332. The molecule has 0 N–H and O–H groups in total. The van der Waals surface area contributed by atoms with Crippen LogP contribution in [0.25, 0.3) is 0 Å². The monoisotopic (exact) mass is 1170 g/mol. The van der Waals surface area contributed by atoms with Crippen LogP contribution in [0.4, 0.5) is 0 Å². The van der Waals surface area contributed by atoms with Crippen LogP contribution >= 0.6 is 46.2 Å². The zero-order chi connectivity index (χ0) is 34.5. The number of hydrogen-bond donors (Lipinski definition) is 0. The smallest absolute Gasteiger partial charge is 0 e. The van der Waals surface area contributed by atoms with Crippen molar-refractivity contribution in [1.82, 2.24) is 0 Å². The molecule has 0 aliphatic rings. The van der Waals surface area contributed by atoms with Gasteiger partial charge < -0.3 is 13.7 Å². The van der Waals surface area contributed by atoms with Gasteiger partial charge in [0.2, 0.25) is 0 Å². The van der Waals surface area contributed by atoms with Gasteiger partial charge in [-0.15, -0.1) is 24.8 Å². The van der Waals surface area contributed by atoms with Gasteiger partial charge in [0.1, 0.15) is 5.14 Å². The van der Waals surface area contributed by atoms with Crippen molar-refractivity contribution >= 4 is 138 Å². The molecule has 6 rings (SSSR count). The van der Waals surface area contributed by atoms with Gasteiger partial charge in [-0.25, -0.2) is 0 Å². The van der Waals surface area contributed by atoms with Gasteiger partial charge in [-0.05, 0) is 0 Å². The molecule has 0 saturated heterocycles. The maximum absolute atomic E-state index is 16.6. The summed E-state index contributed by atoms with van der Waals surface area (Å²) in [4.78, 5) is 0. The molecule has 0 spiro atoms. The van der Waals surface area contributed by atoms with Crippen LogP contribution < -0.4 is 31.8 Å². The topological polar surface area (TPSA) is 51.2 Å². The molecule has 0 aliphatic heterocycles. The van der Waals surface area contributed by atoms with Crippen molar-refractivity contribution in [3.63, 3.8) is 0 Å². The molecular formula is C39H36Cl2O3P3Sb3Zr-. The van der Waals surface area contributed by atoms with Crippen molar-refractivity contribution in [1.29, 1.82) is 0 Å². The van der Waals surface area contributed by atoms with Gasteiger partial charge in [-0.2, -0.15) is 0 Å². The third kappa shape index (κ3) is 10.9. The van der Waals surface area contributed by atoms with E-state index in [1.165, 1.54) is 23.0 Å². The molecule has 0 heterocycles. The van der Waals surface area contributed by atoms with Crippen LogP contribution in [0.15, 0.2) is 186 Å². The normalized spacial score (nSPS) is 10.6. The molecule has 3 radical (unpaired) electrons. The van der Waals surface area contributed by atoms with E-state index in [2.05, 4.69) is 0 Å². The Morgan fingerprint density at radius 2 is 0.529 bits per heavy atom. The molecule has 6 aromatic rings. The summed E-state index contributed by atoms with van der Waals surface area (Å²) < 4.78 is 51.3. The molecule has 0 bridgehead atoms. The minimum atomic E-state index is -3.97. The summed E-state index contributed by atoms with van der Waals surface area (Å²) >= 11 is 4.89. The van der Waals surface area contributed by atoms with Crippen molar-refractivity contribution in [3.8, 4) is 0 Å². The fourth-order valence-electron chi connectivity index (χ4n) is 5.83. The van der Waals surface area contributed by atoms with E-state index in [4.69, 9.17) is 6.58 Å². The summed E-state index contributed by atoms with van der Waals surface area (Å²) in [7, 11) is -11.9. The van der Waals surface area contributed by atoms with E-state index >= 15 is 13.7 Å². The first kappa shape index (κ1) is 48.7. The summed E-state index contributed by atoms with van der Waals surface area (Å²) in [6.45, 7) is 4.76. The average molecular weight is 1170 g/mol. The van der Waals surface area contributed by atoms with Crippen molar-refractivity contribution < 1.29 is 39.9 Å². The largest absolute Gasteiger partial charge is 0 e. The van der Waals surface area contributed by atoms with Crippen molar-refractivity contribution in [2.45, 2.75) is 5.14 Å². The molecular weight excluding hydrogens is 1140 g/mol. The Morgan fingerprint density at radius 1 is 0.412 bits per heavy atom. The molecule has 3 nitrogen and oxygen atoms in total. The molecule has 0 saturated carbocycles. The maximum atomic E-state index is 16.6. The molecule has 6 aromatic carbocycles. The van der Waals surface area contributed by atoms with Crippen LogP contribution in [-0.2, 0) is 39.9 Å². The molecule has 0 unspecified atom stereocenters. The van der Waals surface area contributed by atoms with E-state index in [0.717, 1.165) is 0 Å². The van der Waals surface area contributed by atoms with Crippen molar-refractivity contribution in [3.05, 3.63) is 193 Å². The number of halogens is 2. The molecule has 0 atom stereocenters. The zero-order valence-corrected chi connectivity index (χ0v) is 42.1. The summed E-state index contributed by atoms with van der Waals surface area (Å²) in [5, 5.41) is 1.80. The summed E-state index contributed by atoms with van der Waals surface area (Å²) in [5.74, 6) is 0. The predicted molar refractivity (Wildman–Crippen MR) is 225 cm³/mol. The first-order valence-electron chi connectivity index (χ1n) is 15.0. The van der Waals surface area contributed by atoms with Gasteiger partial charge in [0.25, 0.3) is 0 Å². The molecule has 0 fully saturated rings. The minimum Gasteiger partial charge on any atom is 0 e. The Balaban J connectivity index is 0.00000155. The van der Waals surface area contributed by atoms with E-state index in [1.54, 1.807) is 40.5 Å². The Bertz CT molecular complexity index is 1670. The Labute approximate surface area is 370 Å². The quantitative estimate of drug-likeness (QED) is 0.0874. The Morgan fingerprint density at radius 3 is 0.647 bits per heavy atom. The van der Waals surface area contributed by atoms with Gasteiger partial charge in [0.05, 0.1) is 0 Å². The Kier molecular flexibility index (Phi) is 23.1. The van der Waals surface area contributed by atoms with Crippen LogP contribution in [0.5, 0.6) is 0 Å². The first-order valence-corrected chi connectivity index (χ1v) is 30.7. The van der Waals surface area contributed by atoms with Crippen LogP contribution in [0.2, 0.25) is 0 Å². The number of rotatable bonds is 9. The molecule has 0 aliphatic carbocycles. The van der Waals surface area contributed by atoms with E-state index < -0.39 is 26.6 Å². The standard InChI is InChI=1S/C37H31O3P3.C2H2.2ClH.3Sb.Zr.H/c38-41(31-19-7-1-8-20-31,32-21-9-2-10-22-32)37(42(39,33-23-11-3-12-24-33)34-25-13-4-14-26-34)43(40,35-27-15-5-16-28-35)36-29-17-6-18-30-36;1-2;;;;;;;/h1-30,37H;1-2H;2*1H;;;;;/q;-1;;;;;;;. The van der Waals surface area contributed by atoms with Gasteiger partial charge in [0, 0.05) is 58.0 Å². The SMILES string of the molecule is Cl.Cl.O=P(c1ccccc1)(c1ccccc1)C(P(=O)(c1ccccc1)c1ccccc1)P(=O)(c1ccccc1)c1ccccc1.[CH-]=[CH][SbH].[Sb]=[Sb].[Zr]. The molecule has 0 amide bonds. The van der Waals surface area contributed by atoms with Gasteiger partial charge in [-0.1, -0.05) is 182 Å². The van der Waals surface area contributed by atoms with Gasteiger partial charge in [0.15, 0.2) is 21.4 Å². The second-order valence-corrected chi connectivity index (χ2v) is 21.3. The third-order valence-corrected chi connectivity index (χ3v) is 22.0. The molecule has 12 heteroatoms. The minimum absolute atomic E-state index is 0. The number of benzene rings is 6. The summed E-state index contributed by atoms with van der Waals surface area (Å²) in [6, 6.07) is 55.2. The number of hydrogen-bond acceptors (Lipinski definition) is 3. The second-order valence-electron chi connectivity index (χ2n) is 10.5. The zero-order valence-electron chi connectivity index (χ0n) is 27.3. The molecule has 51 heavy (non-hydrogen) atoms. The van der Waals surface area contributed by atoms with Crippen LogP contribution in [0, 0.1) is 6.58 Å². The van der Waals surface area contributed by atoms with E-state index in [9.17, 15) is 0 Å². The maximum Gasteiger partial charge on any atom is 0 e. The molecule has 0 aromatic heterocycles. The van der Waals surface area contributed by atoms with Gasteiger partial charge >= 0.3 is 70.1 Å².